The number of ether oxygens (including phenoxy) is 2. The summed E-state index contributed by atoms with van der Waals surface area (Å²) in [4.78, 5) is 22.3. The standard InChI is InChI=1S/C42H50F2N6O4SSi/c1-6-22-55-41-46-39(45-34-25-31(34)27-18-20-32(43)33(44)23-27)38-40(47-41)50(49-48-38)35-24-28(19-21-37(51)52-7-2)54-36(35)26-53-56(42(3,4)5,29-14-10-8-11-15-29)30-16-12-9-13-17-30/h8-18,20,23,28,31,34-36H,6-7,19,21-22,24-26H2,1-5H3,(H,45,46,47)/t28-,31-,34+,35+,36-/m0/s1. The second-order valence-electron chi connectivity index (χ2n) is 15.6. The molecule has 10 nitrogen and oxygen atoms in total. The van der Waals surface area contributed by atoms with Crippen molar-refractivity contribution >= 4 is 53.4 Å². The van der Waals surface area contributed by atoms with Crippen molar-refractivity contribution in [2.24, 2.45) is 0 Å². The maximum absolute atomic E-state index is 14.1. The van der Waals surface area contributed by atoms with Gasteiger partial charge < -0.3 is 19.2 Å². The van der Waals surface area contributed by atoms with E-state index in [0.29, 0.717) is 41.6 Å². The molecule has 1 aliphatic heterocycles. The van der Waals surface area contributed by atoms with Crippen LogP contribution in [0.1, 0.15) is 84.2 Å². The van der Waals surface area contributed by atoms with Crippen molar-refractivity contribution in [2.45, 2.75) is 107 Å². The highest BCUT2D eigenvalue weighted by atomic mass is 32.2. The lowest BCUT2D eigenvalue weighted by Gasteiger charge is -2.43. The van der Waals surface area contributed by atoms with Gasteiger partial charge in [0, 0.05) is 24.1 Å². The Morgan fingerprint density at radius 1 is 0.982 bits per heavy atom. The first-order valence-corrected chi connectivity index (χ1v) is 22.4. The lowest BCUT2D eigenvalue weighted by Crippen LogP contribution is -2.67. The van der Waals surface area contributed by atoms with E-state index < -0.39 is 26.1 Å². The van der Waals surface area contributed by atoms with Gasteiger partial charge in [-0.3, -0.25) is 4.79 Å². The van der Waals surface area contributed by atoms with E-state index in [1.165, 1.54) is 22.5 Å². The van der Waals surface area contributed by atoms with Crippen molar-refractivity contribution in [3.05, 3.63) is 96.1 Å². The minimum absolute atomic E-state index is 0.00306. The molecule has 296 valence electrons. The minimum atomic E-state index is -2.92. The molecular formula is C42H50F2N6O4SSi. The molecular weight excluding hydrogens is 751 g/mol. The van der Waals surface area contributed by atoms with Crippen LogP contribution in [-0.2, 0) is 18.7 Å². The Balaban J connectivity index is 1.23. The molecule has 56 heavy (non-hydrogen) atoms. The molecule has 0 unspecified atom stereocenters. The summed E-state index contributed by atoms with van der Waals surface area (Å²) in [5, 5.41) is 15.6. The smallest absolute Gasteiger partial charge is 0.305 e. The Hall–Kier alpha value is -4.24. The first-order valence-electron chi connectivity index (χ1n) is 19.6. The van der Waals surface area contributed by atoms with E-state index in [4.69, 9.17) is 29.1 Å². The van der Waals surface area contributed by atoms with E-state index in [1.54, 1.807) is 24.8 Å². The highest BCUT2D eigenvalue weighted by molar-refractivity contribution is 7.99. The van der Waals surface area contributed by atoms with Gasteiger partial charge in [-0.15, -0.1) is 5.10 Å². The maximum atomic E-state index is 14.1. The predicted molar refractivity (Wildman–Crippen MR) is 217 cm³/mol. The molecule has 0 amide bonds. The van der Waals surface area contributed by atoms with Crippen molar-refractivity contribution < 1.29 is 27.5 Å². The Morgan fingerprint density at radius 2 is 1.70 bits per heavy atom. The lowest BCUT2D eigenvalue weighted by atomic mass is 10.1. The average molecular weight is 801 g/mol. The molecule has 0 spiro atoms. The highest BCUT2D eigenvalue weighted by Gasteiger charge is 2.51. The number of hydrogen-bond donors (Lipinski definition) is 1. The van der Waals surface area contributed by atoms with Crippen molar-refractivity contribution in [1.82, 2.24) is 25.0 Å². The fraction of sp³-hybridized carbons (Fsp3) is 0.452. The van der Waals surface area contributed by atoms with Crippen LogP contribution in [-0.4, -0.2) is 76.5 Å². The Morgan fingerprint density at radius 3 is 2.34 bits per heavy atom. The number of anilines is 1. The predicted octanol–water partition coefficient (Wildman–Crippen LogP) is 7.59. The van der Waals surface area contributed by atoms with Crippen molar-refractivity contribution in [3.8, 4) is 0 Å². The van der Waals surface area contributed by atoms with Crippen LogP contribution in [0.4, 0.5) is 14.6 Å². The number of nitrogens with zero attached hydrogens (tertiary/aromatic N) is 5. The van der Waals surface area contributed by atoms with Gasteiger partial charge in [0.05, 0.1) is 25.4 Å². The Labute approximate surface area is 332 Å². The molecule has 0 radical (unpaired) electrons. The number of fused-ring (bicyclic) bond motifs is 1. The molecule has 3 aromatic carbocycles. The first-order chi connectivity index (χ1) is 27.0. The van der Waals surface area contributed by atoms with Crippen LogP contribution in [0.5, 0.6) is 0 Å². The molecule has 2 aromatic heterocycles. The number of carbonyl (C=O) groups is 1. The third-order valence-corrected chi connectivity index (χ3v) is 16.8. The second-order valence-corrected chi connectivity index (χ2v) is 21.0. The number of halogens is 2. The molecule has 2 fully saturated rings. The lowest BCUT2D eigenvalue weighted by molar-refractivity contribution is -0.143. The highest BCUT2D eigenvalue weighted by Crippen LogP contribution is 2.44. The number of hydrogen-bond acceptors (Lipinski definition) is 10. The molecule has 1 saturated carbocycles. The summed E-state index contributed by atoms with van der Waals surface area (Å²) < 4.78 is 49.1. The molecule has 7 rings (SSSR count). The van der Waals surface area contributed by atoms with E-state index >= 15 is 0 Å². The fourth-order valence-corrected chi connectivity index (χ4v) is 13.2. The van der Waals surface area contributed by atoms with Crippen LogP contribution in [0.3, 0.4) is 0 Å². The molecule has 14 heteroatoms. The van der Waals surface area contributed by atoms with E-state index in [1.807, 2.05) is 16.8 Å². The number of esters is 1. The molecule has 5 aromatic rings. The van der Waals surface area contributed by atoms with E-state index in [0.717, 1.165) is 24.2 Å². The van der Waals surface area contributed by atoms with Gasteiger partial charge in [0.2, 0.25) is 0 Å². The second kappa shape index (κ2) is 17.1. The van der Waals surface area contributed by atoms with Gasteiger partial charge in [-0.25, -0.2) is 23.4 Å². The fourth-order valence-electron chi connectivity index (χ4n) is 7.92. The van der Waals surface area contributed by atoms with Crippen LogP contribution in [0.2, 0.25) is 5.04 Å². The van der Waals surface area contributed by atoms with Gasteiger partial charge in [-0.05, 0) is 65.7 Å². The number of nitrogens with one attached hydrogen (secondary N) is 1. The van der Waals surface area contributed by atoms with E-state index in [-0.39, 0.29) is 48.1 Å². The third kappa shape index (κ3) is 8.39. The summed E-state index contributed by atoms with van der Waals surface area (Å²) in [7, 11) is -2.92. The Bertz CT molecular complexity index is 2080. The summed E-state index contributed by atoms with van der Waals surface area (Å²) >= 11 is 1.56. The number of rotatable bonds is 16. The number of thioether (sulfide) groups is 1. The summed E-state index contributed by atoms with van der Waals surface area (Å²) in [6.07, 6.45) is 2.28. The van der Waals surface area contributed by atoms with Gasteiger partial charge >= 0.3 is 5.97 Å². The monoisotopic (exact) mass is 800 g/mol. The molecule has 1 N–H and O–H groups in total. The number of benzene rings is 3. The van der Waals surface area contributed by atoms with Crippen LogP contribution < -0.4 is 15.7 Å². The maximum Gasteiger partial charge on any atom is 0.305 e. The van der Waals surface area contributed by atoms with Crippen molar-refractivity contribution in [2.75, 3.05) is 24.3 Å². The summed E-state index contributed by atoms with van der Waals surface area (Å²) in [5.74, 6) is -0.596. The Kier molecular flexibility index (Phi) is 12.2. The summed E-state index contributed by atoms with van der Waals surface area (Å²) in [6, 6.07) is 24.7. The summed E-state index contributed by atoms with van der Waals surface area (Å²) in [5.41, 5.74) is 1.82. The average Bonchev–Trinajstić information content (AvgIpc) is 3.63. The molecule has 1 saturated heterocycles. The zero-order valence-corrected chi connectivity index (χ0v) is 34.4. The van der Waals surface area contributed by atoms with Crippen LogP contribution in [0.15, 0.2) is 84.0 Å². The van der Waals surface area contributed by atoms with E-state index in [9.17, 15) is 13.6 Å². The quantitative estimate of drug-likeness (QED) is 0.0464. The molecule has 1 aliphatic carbocycles. The SMILES string of the molecule is CCCSc1nc(N[C@@H]2C[C@H]2c2ccc(F)c(F)c2)c2nnn([C@@H]3C[C@H](CCC(=O)OCC)O[C@H]3CO[Si](c3ccccc3)(c3ccccc3)C(C)(C)C)c2n1. The van der Waals surface area contributed by atoms with Gasteiger partial charge in [0.25, 0.3) is 8.32 Å². The van der Waals surface area contributed by atoms with Gasteiger partial charge in [0.1, 0.15) is 6.10 Å². The zero-order chi connectivity index (χ0) is 39.5. The largest absolute Gasteiger partial charge is 0.466 e. The van der Waals surface area contributed by atoms with Crippen LogP contribution in [0, 0.1) is 11.6 Å². The van der Waals surface area contributed by atoms with Crippen LogP contribution >= 0.6 is 11.8 Å². The third-order valence-electron chi connectivity index (χ3n) is 10.7. The molecule has 3 heterocycles. The van der Waals surface area contributed by atoms with Gasteiger partial charge in [-0.1, -0.05) is 111 Å². The number of aromatic nitrogens is 5. The van der Waals surface area contributed by atoms with Crippen LogP contribution in [0.25, 0.3) is 11.2 Å². The molecule has 5 atom stereocenters. The molecule has 2 aliphatic rings. The van der Waals surface area contributed by atoms with Crippen molar-refractivity contribution in [1.29, 1.82) is 0 Å². The van der Waals surface area contributed by atoms with Gasteiger partial charge in [-0.2, -0.15) is 0 Å². The van der Waals surface area contributed by atoms with E-state index in [2.05, 4.69) is 86.6 Å². The summed E-state index contributed by atoms with van der Waals surface area (Å²) in [6.45, 7) is 11.3. The minimum Gasteiger partial charge on any atom is -0.466 e. The van der Waals surface area contributed by atoms with Gasteiger partial charge in [0.15, 0.2) is 33.8 Å². The number of carbonyl (C=O) groups excluding carboxylic acids is 1. The zero-order valence-electron chi connectivity index (χ0n) is 32.6. The first kappa shape index (κ1) is 40.0. The normalized spacial score (nSPS) is 21.0. The molecule has 0 bridgehead atoms. The topological polar surface area (TPSA) is 113 Å². The van der Waals surface area contributed by atoms with Crippen molar-refractivity contribution in [3.63, 3.8) is 0 Å².